The lowest BCUT2D eigenvalue weighted by atomic mass is 10.1. The Morgan fingerprint density at radius 3 is 2.56 bits per heavy atom. The van der Waals surface area contributed by atoms with Crippen LogP contribution in [0.3, 0.4) is 0 Å². The van der Waals surface area contributed by atoms with Gasteiger partial charge in [0.25, 0.3) is 0 Å². The molecule has 0 radical (unpaired) electrons. The van der Waals surface area contributed by atoms with Gasteiger partial charge in [-0.05, 0) is 17.7 Å². The van der Waals surface area contributed by atoms with Crippen molar-refractivity contribution in [1.29, 1.82) is 0 Å². The van der Waals surface area contributed by atoms with Gasteiger partial charge in [0.2, 0.25) is 0 Å². The summed E-state index contributed by atoms with van der Waals surface area (Å²) in [6.45, 7) is -3.22. The Bertz CT molecular complexity index is 497. The fourth-order valence-corrected chi connectivity index (χ4v) is 1.20. The minimum absolute atomic E-state index is 0.0495. The first-order chi connectivity index (χ1) is 8.45. The number of hydrogen-bond acceptors (Lipinski definition) is 3. The van der Waals surface area contributed by atoms with E-state index in [9.17, 15) is 22.8 Å². The zero-order valence-corrected chi connectivity index (χ0v) is 8.77. The number of aliphatic carboxylic acids is 1. The van der Waals surface area contributed by atoms with E-state index in [1.807, 2.05) is 0 Å². The van der Waals surface area contributed by atoms with Gasteiger partial charge in [0, 0.05) is 6.08 Å². The van der Waals surface area contributed by atoms with Crippen molar-refractivity contribution in [3.63, 3.8) is 0 Å². The average Bonchev–Trinajstić information content (AvgIpc) is 2.29. The summed E-state index contributed by atoms with van der Waals surface area (Å²) < 4.78 is 41.3. The summed E-state index contributed by atoms with van der Waals surface area (Å²) in [6, 6.07) is 1.99. The second-order valence-electron chi connectivity index (χ2n) is 3.05. The van der Waals surface area contributed by atoms with Gasteiger partial charge in [-0.1, -0.05) is 6.07 Å². The van der Waals surface area contributed by atoms with Gasteiger partial charge in [-0.3, -0.25) is 4.79 Å². The highest BCUT2D eigenvalue weighted by molar-refractivity contribution is 5.89. The molecule has 1 rings (SSSR count). The van der Waals surface area contributed by atoms with Gasteiger partial charge in [0.15, 0.2) is 17.9 Å². The topological polar surface area (TPSA) is 63.6 Å². The predicted octanol–water partition coefficient (Wildman–Crippen LogP) is 2.34. The molecule has 18 heavy (non-hydrogen) atoms. The first-order valence-electron chi connectivity index (χ1n) is 4.59. The van der Waals surface area contributed by atoms with E-state index in [0.29, 0.717) is 6.08 Å². The van der Waals surface area contributed by atoms with Gasteiger partial charge in [-0.2, -0.15) is 8.78 Å². The van der Waals surface area contributed by atoms with Crippen LogP contribution in [0.25, 0.3) is 6.08 Å². The lowest BCUT2D eigenvalue weighted by molar-refractivity contribution is -0.131. The monoisotopic (exact) mass is 260 g/mol. The van der Waals surface area contributed by atoms with E-state index in [1.54, 1.807) is 0 Å². The number of benzene rings is 1. The number of carboxylic acid groups (broad SMARTS) is 1. The lowest BCUT2D eigenvalue weighted by Gasteiger charge is -2.08. The quantitative estimate of drug-likeness (QED) is 0.652. The number of aldehydes is 1. The van der Waals surface area contributed by atoms with Crippen LogP contribution in [0.2, 0.25) is 0 Å². The molecular weight excluding hydrogens is 253 g/mol. The van der Waals surface area contributed by atoms with Crippen LogP contribution in [0.15, 0.2) is 18.2 Å². The Labute approximate surface area is 99.3 Å². The summed E-state index contributed by atoms with van der Waals surface area (Å²) in [5.41, 5.74) is -0.600. The van der Waals surface area contributed by atoms with Crippen molar-refractivity contribution in [1.82, 2.24) is 0 Å². The molecule has 0 aliphatic carbocycles. The summed E-state index contributed by atoms with van der Waals surface area (Å²) in [5.74, 6) is -3.34. The number of halogens is 3. The Balaban J connectivity index is 3.20. The lowest BCUT2D eigenvalue weighted by Crippen LogP contribution is -2.06. The Hall–Kier alpha value is -2.31. The van der Waals surface area contributed by atoms with Crippen LogP contribution in [0.5, 0.6) is 5.75 Å². The van der Waals surface area contributed by atoms with Crippen molar-refractivity contribution < 1.29 is 32.6 Å². The van der Waals surface area contributed by atoms with Gasteiger partial charge >= 0.3 is 12.6 Å². The zero-order valence-electron chi connectivity index (χ0n) is 8.77. The molecule has 4 nitrogen and oxygen atoms in total. The number of carbonyl (C=O) groups is 2. The van der Waals surface area contributed by atoms with Crippen LogP contribution in [0, 0.1) is 5.82 Å². The maximum Gasteiger partial charge on any atom is 0.387 e. The van der Waals surface area contributed by atoms with E-state index >= 15 is 0 Å². The summed E-state index contributed by atoms with van der Waals surface area (Å²) in [6.07, 6.45) is 1.76. The molecule has 96 valence electrons. The van der Waals surface area contributed by atoms with Gasteiger partial charge in [0.05, 0.1) is 5.56 Å². The van der Waals surface area contributed by atoms with Crippen molar-refractivity contribution in [2.45, 2.75) is 6.61 Å². The number of carboxylic acids is 1. The van der Waals surface area contributed by atoms with Crippen molar-refractivity contribution >= 4 is 18.3 Å². The van der Waals surface area contributed by atoms with E-state index in [1.165, 1.54) is 0 Å². The molecule has 0 heterocycles. The SMILES string of the molecule is O=Cc1c(/C=C/C(=O)O)ccc(OC(F)F)c1F. The molecule has 1 N–H and O–H groups in total. The van der Waals surface area contributed by atoms with E-state index in [2.05, 4.69) is 4.74 Å². The Morgan fingerprint density at radius 1 is 1.39 bits per heavy atom. The zero-order chi connectivity index (χ0) is 13.7. The number of ether oxygens (including phenoxy) is 1. The van der Waals surface area contributed by atoms with Crippen LogP contribution in [-0.4, -0.2) is 24.0 Å². The van der Waals surface area contributed by atoms with Crippen molar-refractivity contribution in [3.8, 4) is 5.75 Å². The maximum absolute atomic E-state index is 13.5. The standard InChI is InChI=1S/C11H7F3O4/c12-10-7(5-15)6(2-4-9(16)17)1-3-8(10)18-11(13)14/h1-5,11H,(H,16,17)/b4-2+. The van der Waals surface area contributed by atoms with Crippen molar-refractivity contribution in [3.05, 3.63) is 35.2 Å². The summed E-state index contributed by atoms with van der Waals surface area (Å²) in [4.78, 5) is 20.9. The molecule has 0 spiro atoms. The Kier molecular flexibility index (Phi) is 4.47. The highest BCUT2D eigenvalue weighted by Gasteiger charge is 2.15. The minimum atomic E-state index is -3.22. The fourth-order valence-electron chi connectivity index (χ4n) is 1.20. The van der Waals surface area contributed by atoms with Gasteiger partial charge in [-0.15, -0.1) is 0 Å². The van der Waals surface area contributed by atoms with Gasteiger partial charge < -0.3 is 9.84 Å². The molecule has 0 saturated heterocycles. The molecule has 0 atom stereocenters. The first kappa shape index (κ1) is 13.8. The number of alkyl halides is 2. The van der Waals surface area contributed by atoms with E-state index in [-0.39, 0.29) is 11.8 Å². The average molecular weight is 260 g/mol. The third-order valence-electron chi connectivity index (χ3n) is 1.92. The maximum atomic E-state index is 13.5. The number of hydrogen-bond donors (Lipinski definition) is 1. The molecule has 7 heteroatoms. The van der Waals surface area contributed by atoms with E-state index in [0.717, 1.165) is 18.2 Å². The molecule has 0 amide bonds. The second kappa shape index (κ2) is 5.85. The fraction of sp³-hybridized carbons (Fsp3) is 0.0909. The third kappa shape index (κ3) is 3.34. The summed E-state index contributed by atoms with van der Waals surface area (Å²) >= 11 is 0. The largest absolute Gasteiger partial charge is 0.478 e. The molecule has 0 fully saturated rings. The molecule has 1 aromatic carbocycles. The first-order valence-corrected chi connectivity index (χ1v) is 4.59. The smallest absolute Gasteiger partial charge is 0.387 e. The Morgan fingerprint density at radius 2 is 2.06 bits per heavy atom. The van der Waals surface area contributed by atoms with E-state index < -0.39 is 29.7 Å². The van der Waals surface area contributed by atoms with Crippen molar-refractivity contribution in [2.75, 3.05) is 0 Å². The van der Waals surface area contributed by atoms with Crippen LogP contribution in [0.1, 0.15) is 15.9 Å². The molecule has 0 aliphatic heterocycles. The molecule has 0 aromatic heterocycles. The van der Waals surface area contributed by atoms with Gasteiger partial charge in [0.1, 0.15) is 0 Å². The third-order valence-corrected chi connectivity index (χ3v) is 1.92. The highest BCUT2D eigenvalue weighted by Crippen LogP contribution is 2.25. The summed E-state index contributed by atoms with van der Waals surface area (Å²) in [5, 5.41) is 8.39. The summed E-state index contributed by atoms with van der Waals surface area (Å²) in [7, 11) is 0. The molecule has 0 aliphatic rings. The van der Waals surface area contributed by atoms with E-state index in [4.69, 9.17) is 5.11 Å². The van der Waals surface area contributed by atoms with Crippen LogP contribution in [0.4, 0.5) is 13.2 Å². The highest BCUT2D eigenvalue weighted by atomic mass is 19.3. The van der Waals surface area contributed by atoms with Crippen LogP contribution < -0.4 is 4.74 Å². The number of rotatable bonds is 5. The van der Waals surface area contributed by atoms with Crippen LogP contribution in [-0.2, 0) is 4.79 Å². The minimum Gasteiger partial charge on any atom is -0.478 e. The second-order valence-corrected chi connectivity index (χ2v) is 3.05. The molecule has 1 aromatic rings. The van der Waals surface area contributed by atoms with Crippen molar-refractivity contribution in [2.24, 2.45) is 0 Å². The molecular formula is C11H7F3O4. The molecule has 0 saturated carbocycles. The molecule has 0 bridgehead atoms. The molecule has 0 unspecified atom stereocenters. The van der Waals surface area contributed by atoms with Gasteiger partial charge in [-0.25, -0.2) is 9.18 Å². The number of carbonyl (C=O) groups excluding carboxylic acids is 1. The normalized spacial score (nSPS) is 10.9. The predicted molar refractivity (Wildman–Crippen MR) is 55.1 cm³/mol. The van der Waals surface area contributed by atoms with Crippen LogP contribution >= 0.6 is 0 Å².